The van der Waals surface area contributed by atoms with Crippen LogP contribution in [0.5, 0.6) is 5.75 Å². The predicted octanol–water partition coefficient (Wildman–Crippen LogP) is 2.47. The fraction of sp³-hybridized carbons (Fsp3) is 0.292. The number of halogens is 1. The van der Waals surface area contributed by atoms with Crippen LogP contribution in [0.4, 0.5) is 4.39 Å². The highest BCUT2D eigenvalue weighted by atomic mass is 19.1. The van der Waals surface area contributed by atoms with Crippen molar-refractivity contribution in [1.82, 2.24) is 4.90 Å². The third kappa shape index (κ3) is 5.20. The number of hydrogen-bond donors (Lipinski definition) is 4. The second-order valence-electron chi connectivity index (χ2n) is 7.98. The number of hydrogen-bond acceptors (Lipinski definition) is 8. The van der Waals surface area contributed by atoms with Crippen LogP contribution in [-0.4, -0.2) is 42.3 Å². The van der Waals surface area contributed by atoms with Crippen molar-refractivity contribution in [2.45, 2.75) is 26.1 Å². The minimum atomic E-state index is -0.743. The lowest BCUT2D eigenvalue weighted by Crippen LogP contribution is -2.43. The van der Waals surface area contributed by atoms with Gasteiger partial charge in [-0.1, -0.05) is 12.1 Å². The monoisotopic (exact) mass is 456 g/mol. The molecule has 2 aromatic rings. The standard InChI is InChI=1S/C24H29FN4O4/c1-13-8-17(24(31)32-3)18(25)9-16(13)22-12-29(11-14(2)33-22)20(23(27)28)10-19(26)15-6-4-5-7-21(15)30/h4-10,14,22,30H,11-12,26-28H2,1-3H3/b19-10-. The maximum atomic E-state index is 14.6. The molecule has 3 rings (SSSR count). The number of para-hydroxylation sites is 1. The van der Waals surface area contributed by atoms with Crippen LogP contribution in [-0.2, 0) is 9.47 Å². The van der Waals surface area contributed by atoms with Gasteiger partial charge in [0.25, 0.3) is 0 Å². The Hall–Kier alpha value is -3.72. The Bertz CT molecular complexity index is 1110. The molecule has 0 aliphatic carbocycles. The van der Waals surface area contributed by atoms with Crippen LogP contribution < -0.4 is 17.2 Å². The second kappa shape index (κ2) is 9.83. The highest BCUT2D eigenvalue weighted by Gasteiger charge is 2.30. The van der Waals surface area contributed by atoms with Crippen LogP contribution in [0, 0.1) is 12.7 Å². The first-order valence-electron chi connectivity index (χ1n) is 10.4. The normalized spacial score (nSPS) is 18.7. The number of morpholine rings is 1. The van der Waals surface area contributed by atoms with Crippen molar-refractivity contribution in [2.24, 2.45) is 17.2 Å². The molecule has 176 valence electrons. The second-order valence-corrected chi connectivity index (χ2v) is 7.98. The first kappa shape index (κ1) is 23.9. The van der Waals surface area contributed by atoms with E-state index >= 15 is 0 Å². The molecule has 1 heterocycles. The lowest BCUT2D eigenvalue weighted by Gasteiger charge is -2.39. The number of allylic oxidation sites excluding steroid dienone is 1. The summed E-state index contributed by atoms with van der Waals surface area (Å²) in [4.78, 5) is 13.7. The number of phenolic OH excluding ortho intramolecular Hbond substituents is 1. The maximum absolute atomic E-state index is 14.6. The van der Waals surface area contributed by atoms with Gasteiger partial charge in [-0.2, -0.15) is 0 Å². The quantitative estimate of drug-likeness (QED) is 0.398. The molecular formula is C24H29FN4O4. The van der Waals surface area contributed by atoms with Crippen LogP contribution in [0.15, 0.2) is 54.0 Å². The van der Waals surface area contributed by atoms with Crippen LogP contribution in [0.2, 0.25) is 0 Å². The van der Waals surface area contributed by atoms with Crippen LogP contribution in [0.3, 0.4) is 0 Å². The van der Waals surface area contributed by atoms with Crippen molar-refractivity contribution < 1.29 is 23.8 Å². The Morgan fingerprint density at radius 2 is 1.91 bits per heavy atom. The summed E-state index contributed by atoms with van der Waals surface area (Å²) in [7, 11) is 1.20. The highest BCUT2D eigenvalue weighted by molar-refractivity contribution is 5.90. The number of rotatable bonds is 5. The first-order valence-corrected chi connectivity index (χ1v) is 10.4. The summed E-state index contributed by atoms with van der Waals surface area (Å²) in [5, 5.41) is 10.1. The van der Waals surface area contributed by atoms with Crippen LogP contribution in [0.1, 0.15) is 40.1 Å². The molecule has 0 spiro atoms. The summed E-state index contributed by atoms with van der Waals surface area (Å²) < 4.78 is 25.4. The van der Waals surface area contributed by atoms with Gasteiger partial charge in [0.2, 0.25) is 0 Å². The van der Waals surface area contributed by atoms with Crippen molar-refractivity contribution in [3.8, 4) is 5.75 Å². The summed E-state index contributed by atoms with van der Waals surface area (Å²) in [5.74, 6) is -1.35. The Kier molecular flexibility index (Phi) is 7.13. The topological polar surface area (TPSA) is 137 Å². The minimum absolute atomic E-state index is 0.0335. The number of carbonyl (C=O) groups excluding carboxylic acids is 1. The lowest BCUT2D eigenvalue weighted by molar-refractivity contribution is -0.0687. The highest BCUT2D eigenvalue weighted by Crippen LogP contribution is 2.32. The van der Waals surface area contributed by atoms with E-state index in [1.165, 1.54) is 25.3 Å². The van der Waals surface area contributed by atoms with Gasteiger partial charge in [-0.25, -0.2) is 9.18 Å². The predicted molar refractivity (Wildman–Crippen MR) is 123 cm³/mol. The van der Waals surface area contributed by atoms with E-state index in [1.54, 1.807) is 31.2 Å². The van der Waals surface area contributed by atoms with Crippen LogP contribution >= 0.6 is 0 Å². The molecule has 1 aliphatic rings. The molecule has 2 aromatic carbocycles. The van der Waals surface area contributed by atoms with Gasteiger partial charge in [0.05, 0.1) is 24.5 Å². The van der Waals surface area contributed by atoms with E-state index in [0.717, 1.165) is 0 Å². The third-order valence-corrected chi connectivity index (χ3v) is 5.51. The van der Waals surface area contributed by atoms with Gasteiger partial charge in [0, 0.05) is 24.4 Å². The zero-order valence-electron chi connectivity index (χ0n) is 18.8. The zero-order valence-corrected chi connectivity index (χ0v) is 18.8. The van der Waals surface area contributed by atoms with Gasteiger partial charge in [-0.05, 0) is 55.3 Å². The van der Waals surface area contributed by atoms with Crippen molar-refractivity contribution in [2.75, 3.05) is 20.2 Å². The number of esters is 1. The van der Waals surface area contributed by atoms with E-state index in [1.807, 2.05) is 11.8 Å². The van der Waals surface area contributed by atoms with E-state index < -0.39 is 17.9 Å². The smallest absolute Gasteiger partial charge is 0.340 e. The number of aromatic hydroxyl groups is 1. The Morgan fingerprint density at radius 3 is 2.55 bits per heavy atom. The van der Waals surface area contributed by atoms with E-state index in [-0.39, 0.29) is 28.9 Å². The fourth-order valence-corrected chi connectivity index (χ4v) is 3.93. The summed E-state index contributed by atoms with van der Waals surface area (Å²) in [6, 6.07) is 9.42. The van der Waals surface area contributed by atoms with E-state index in [2.05, 4.69) is 4.74 Å². The molecule has 0 radical (unpaired) electrons. The lowest BCUT2D eigenvalue weighted by atomic mass is 9.98. The summed E-state index contributed by atoms with van der Waals surface area (Å²) in [5.41, 5.74) is 20.6. The van der Waals surface area contributed by atoms with Gasteiger partial charge in [-0.15, -0.1) is 0 Å². The minimum Gasteiger partial charge on any atom is -0.507 e. The SMILES string of the molecule is COC(=O)c1cc(C)c(C2CN(C(/C=C(\N)c3ccccc3O)=C(N)N)CC(C)O2)cc1F. The molecule has 8 nitrogen and oxygen atoms in total. The van der Waals surface area contributed by atoms with Crippen molar-refractivity contribution in [3.63, 3.8) is 0 Å². The molecule has 1 aliphatic heterocycles. The molecular weight excluding hydrogens is 427 g/mol. The van der Waals surface area contributed by atoms with Crippen molar-refractivity contribution in [1.29, 1.82) is 0 Å². The molecule has 0 bridgehead atoms. The number of ether oxygens (including phenoxy) is 2. The molecule has 7 N–H and O–H groups in total. The number of benzene rings is 2. The molecule has 0 saturated carbocycles. The molecule has 2 atom stereocenters. The fourth-order valence-electron chi connectivity index (χ4n) is 3.93. The first-order chi connectivity index (χ1) is 15.6. The van der Waals surface area contributed by atoms with Gasteiger partial charge in [-0.3, -0.25) is 0 Å². The van der Waals surface area contributed by atoms with Gasteiger partial charge < -0.3 is 36.7 Å². The molecule has 33 heavy (non-hydrogen) atoms. The Labute approximate surface area is 192 Å². The van der Waals surface area contributed by atoms with Gasteiger partial charge in [0.15, 0.2) is 0 Å². The summed E-state index contributed by atoms with van der Waals surface area (Å²) in [6.07, 6.45) is 0.859. The number of nitrogens with zero attached hydrogens (tertiary/aromatic N) is 1. The largest absolute Gasteiger partial charge is 0.507 e. The number of phenols is 1. The maximum Gasteiger partial charge on any atom is 0.340 e. The zero-order chi connectivity index (χ0) is 24.3. The van der Waals surface area contributed by atoms with Crippen LogP contribution in [0.25, 0.3) is 5.70 Å². The summed E-state index contributed by atoms with van der Waals surface area (Å²) in [6.45, 7) is 4.45. The van der Waals surface area contributed by atoms with Gasteiger partial charge >= 0.3 is 5.97 Å². The van der Waals surface area contributed by atoms with E-state index in [4.69, 9.17) is 21.9 Å². The van der Waals surface area contributed by atoms with E-state index in [9.17, 15) is 14.3 Å². The Balaban J connectivity index is 1.94. The molecule has 0 amide bonds. The number of aryl methyl sites for hydroxylation is 1. The van der Waals surface area contributed by atoms with Gasteiger partial charge in [0.1, 0.15) is 23.5 Å². The Morgan fingerprint density at radius 1 is 1.21 bits per heavy atom. The van der Waals surface area contributed by atoms with E-state index in [0.29, 0.717) is 35.5 Å². The number of carbonyl (C=O) groups is 1. The molecule has 1 fully saturated rings. The number of nitrogens with two attached hydrogens (primary N) is 3. The van der Waals surface area contributed by atoms with Crippen molar-refractivity contribution >= 4 is 11.7 Å². The average Bonchev–Trinajstić information content (AvgIpc) is 2.77. The van der Waals surface area contributed by atoms with Crippen molar-refractivity contribution in [3.05, 3.63) is 82.1 Å². The summed E-state index contributed by atoms with van der Waals surface area (Å²) >= 11 is 0. The third-order valence-electron chi connectivity index (χ3n) is 5.51. The number of methoxy groups -OCH3 is 1. The molecule has 9 heteroatoms. The molecule has 2 unspecified atom stereocenters. The molecule has 0 aromatic heterocycles. The molecule has 1 saturated heterocycles. The average molecular weight is 457 g/mol.